The number of nitrogens with two attached hydrogens (primary N) is 1. The molecule has 1 unspecified atom stereocenters. The third-order valence-electron chi connectivity index (χ3n) is 2.21. The van der Waals surface area contributed by atoms with Crippen LogP contribution in [0.2, 0.25) is 0 Å². The molecule has 0 aliphatic heterocycles. The monoisotopic (exact) mass is 222 g/mol. The molecule has 4 nitrogen and oxygen atoms in total. The Hall–Kier alpha value is -1.39. The van der Waals surface area contributed by atoms with Crippen molar-refractivity contribution in [1.82, 2.24) is 5.48 Å². The Balaban J connectivity index is 2.15. The van der Waals surface area contributed by atoms with E-state index in [9.17, 15) is 4.79 Å². The van der Waals surface area contributed by atoms with Crippen LogP contribution in [0.25, 0.3) is 0 Å². The standard InChI is InChI=1S/C12H18N2O2/c1-10(14-16-9-12(13)15)7-8-11-5-3-2-4-6-11/h2-6,10,14H,7-9H2,1H3,(H2,13,15). The molecule has 16 heavy (non-hydrogen) atoms. The maximum absolute atomic E-state index is 10.4. The summed E-state index contributed by atoms with van der Waals surface area (Å²) in [6.07, 6.45) is 1.93. The Bertz CT molecular complexity index is 314. The molecule has 1 aromatic rings. The number of benzene rings is 1. The summed E-state index contributed by atoms with van der Waals surface area (Å²) in [5.41, 5.74) is 9.02. The minimum absolute atomic E-state index is 0.0876. The van der Waals surface area contributed by atoms with Gasteiger partial charge in [-0.15, -0.1) is 0 Å². The number of rotatable bonds is 7. The summed E-state index contributed by atoms with van der Waals surface area (Å²) in [6, 6.07) is 10.4. The van der Waals surface area contributed by atoms with Gasteiger partial charge in [-0.05, 0) is 25.3 Å². The average molecular weight is 222 g/mol. The number of nitrogens with one attached hydrogen (secondary N) is 1. The quantitative estimate of drug-likeness (QED) is 0.677. The zero-order chi connectivity index (χ0) is 11.8. The number of amides is 1. The van der Waals surface area contributed by atoms with Gasteiger partial charge in [-0.1, -0.05) is 30.3 Å². The predicted octanol–water partition coefficient (Wildman–Crippen LogP) is 1.01. The predicted molar refractivity (Wildman–Crippen MR) is 62.5 cm³/mol. The van der Waals surface area contributed by atoms with Crippen LogP contribution in [0.5, 0.6) is 0 Å². The molecule has 88 valence electrons. The Kier molecular flexibility index (Phi) is 5.53. The number of hydrogen-bond acceptors (Lipinski definition) is 3. The van der Waals surface area contributed by atoms with E-state index in [-0.39, 0.29) is 12.6 Å². The van der Waals surface area contributed by atoms with Gasteiger partial charge in [-0.2, -0.15) is 5.48 Å². The highest BCUT2D eigenvalue weighted by molar-refractivity contribution is 5.74. The van der Waals surface area contributed by atoms with E-state index in [2.05, 4.69) is 17.6 Å². The molecular formula is C12H18N2O2. The van der Waals surface area contributed by atoms with Gasteiger partial charge in [0.15, 0.2) is 0 Å². The second-order valence-electron chi connectivity index (χ2n) is 3.80. The average Bonchev–Trinajstić information content (AvgIpc) is 2.27. The number of hydroxylamine groups is 1. The van der Waals surface area contributed by atoms with E-state index in [1.807, 2.05) is 25.1 Å². The Morgan fingerprint density at radius 1 is 1.44 bits per heavy atom. The van der Waals surface area contributed by atoms with E-state index in [0.717, 1.165) is 12.8 Å². The second kappa shape index (κ2) is 6.98. The van der Waals surface area contributed by atoms with Crippen LogP contribution in [0.3, 0.4) is 0 Å². The van der Waals surface area contributed by atoms with Crippen molar-refractivity contribution in [1.29, 1.82) is 0 Å². The first-order chi connectivity index (χ1) is 7.68. The van der Waals surface area contributed by atoms with E-state index in [0.29, 0.717) is 0 Å². The van der Waals surface area contributed by atoms with Crippen LogP contribution in [0.1, 0.15) is 18.9 Å². The topological polar surface area (TPSA) is 64.3 Å². The van der Waals surface area contributed by atoms with Gasteiger partial charge < -0.3 is 5.73 Å². The fraction of sp³-hybridized carbons (Fsp3) is 0.417. The van der Waals surface area contributed by atoms with Gasteiger partial charge in [0.05, 0.1) is 0 Å². The van der Waals surface area contributed by atoms with Crippen molar-refractivity contribution in [3.63, 3.8) is 0 Å². The molecule has 0 spiro atoms. The molecule has 0 radical (unpaired) electrons. The lowest BCUT2D eigenvalue weighted by Crippen LogP contribution is -2.31. The molecule has 0 fully saturated rings. The summed E-state index contributed by atoms with van der Waals surface area (Å²) in [5.74, 6) is -0.470. The van der Waals surface area contributed by atoms with E-state index in [1.54, 1.807) is 0 Å². The van der Waals surface area contributed by atoms with Crippen molar-refractivity contribution >= 4 is 5.91 Å². The molecule has 1 atom stereocenters. The van der Waals surface area contributed by atoms with Crippen LogP contribution >= 0.6 is 0 Å². The zero-order valence-electron chi connectivity index (χ0n) is 9.48. The zero-order valence-corrected chi connectivity index (χ0v) is 9.48. The number of carbonyl (C=O) groups is 1. The summed E-state index contributed by atoms with van der Waals surface area (Å²) >= 11 is 0. The van der Waals surface area contributed by atoms with E-state index < -0.39 is 5.91 Å². The molecule has 0 saturated heterocycles. The summed E-state index contributed by atoms with van der Waals surface area (Å²) in [5, 5.41) is 0. The molecule has 1 rings (SSSR count). The van der Waals surface area contributed by atoms with Crippen molar-refractivity contribution in [2.24, 2.45) is 5.73 Å². The number of primary amides is 1. The second-order valence-corrected chi connectivity index (χ2v) is 3.80. The summed E-state index contributed by atoms with van der Waals surface area (Å²) in [7, 11) is 0. The first kappa shape index (κ1) is 12.7. The molecule has 0 heterocycles. The van der Waals surface area contributed by atoms with Crippen molar-refractivity contribution < 1.29 is 9.63 Å². The van der Waals surface area contributed by atoms with Crippen LogP contribution in [0.4, 0.5) is 0 Å². The highest BCUT2D eigenvalue weighted by Gasteiger charge is 2.02. The SMILES string of the molecule is CC(CCc1ccccc1)NOCC(N)=O. The molecule has 0 bridgehead atoms. The molecule has 0 saturated carbocycles. The van der Waals surface area contributed by atoms with Crippen LogP contribution in [0, 0.1) is 0 Å². The minimum Gasteiger partial charge on any atom is -0.368 e. The van der Waals surface area contributed by atoms with Crippen LogP contribution in [-0.2, 0) is 16.1 Å². The van der Waals surface area contributed by atoms with Crippen LogP contribution in [0.15, 0.2) is 30.3 Å². The van der Waals surface area contributed by atoms with Gasteiger partial charge in [0.1, 0.15) is 6.61 Å². The van der Waals surface area contributed by atoms with Crippen LogP contribution < -0.4 is 11.2 Å². The van der Waals surface area contributed by atoms with Gasteiger partial charge in [0, 0.05) is 6.04 Å². The highest BCUT2D eigenvalue weighted by atomic mass is 16.6. The molecule has 0 aromatic heterocycles. The van der Waals surface area contributed by atoms with E-state index in [1.165, 1.54) is 5.56 Å². The molecule has 0 aliphatic rings. The van der Waals surface area contributed by atoms with E-state index >= 15 is 0 Å². The largest absolute Gasteiger partial charge is 0.368 e. The van der Waals surface area contributed by atoms with Gasteiger partial charge in [-0.25, -0.2) is 0 Å². The van der Waals surface area contributed by atoms with Gasteiger partial charge in [-0.3, -0.25) is 9.63 Å². The minimum atomic E-state index is -0.470. The Morgan fingerprint density at radius 2 is 2.12 bits per heavy atom. The van der Waals surface area contributed by atoms with Gasteiger partial charge in [0.25, 0.3) is 0 Å². The fourth-order valence-electron chi connectivity index (χ4n) is 1.34. The Labute approximate surface area is 95.7 Å². The van der Waals surface area contributed by atoms with Crippen molar-refractivity contribution in [2.45, 2.75) is 25.8 Å². The maximum Gasteiger partial charge on any atom is 0.245 e. The number of hydrogen-bond donors (Lipinski definition) is 2. The normalized spacial score (nSPS) is 12.3. The highest BCUT2D eigenvalue weighted by Crippen LogP contribution is 2.04. The molecule has 1 amide bonds. The van der Waals surface area contributed by atoms with Crippen LogP contribution in [-0.4, -0.2) is 18.6 Å². The molecule has 0 aliphatic carbocycles. The van der Waals surface area contributed by atoms with Crippen molar-refractivity contribution in [3.8, 4) is 0 Å². The summed E-state index contributed by atoms with van der Waals surface area (Å²) < 4.78 is 0. The molecule has 4 heteroatoms. The fourth-order valence-corrected chi connectivity index (χ4v) is 1.34. The lowest BCUT2D eigenvalue weighted by Gasteiger charge is -2.12. The maximum atomic E-state index is 10.4. The third-order valence-corrected chi connectivity index (χ3v) is 2.21. The van der Waals surface area contributed by atoms with Gasteiger partial charge >= 0.3 is 0 Å². The summed E-state index contributed by atoms with van der Waals surface area (Å²) in [4.78, 5) is 15.3. The molecular weight excluding hydrogens is 204 g/mol. The van der Waals surface area contributed by atoms with E-state index in [4.69, 9.17) is 10.6 Å². The number of aryl methyl sites for hydroxylation is 1. The number of carbonyl (C=O) groups excluding carboxylic acids is 1. The smallest absolute Gasteiger partial charge is 0.245 e. The first-order valence-electron chi connectivity index (χ1n) is 5.38. The molecule has 3 N–H and O–H groups in total. The lowest BCUT2D eigenvalue weighted by atomic mass is 10.1. The third kappa shape index (κ3) is 5.48. The summed E-state index contributed by atoms with van der Waals surface area (Å²) in [6.45, 7) is 1.92. The van der Waals surface area contributed by atoms with Gasteiger partial charge in [0.2, 0.25) is 5.91 Å². The Morgan fingerprint density at radius 3 is 2.75 bits per heavy atom. The lowest BCUT2D eigenvalue weighted by molar-refractivity contribution is -0.126. The van der Waals surface area contributed by atoms with Crippen molar-refractivity contribution in [2.75, 3.05) is 6.61 Å². The molecule has 1 aromatic carbocycles. The first-order valence-corrected chi connectivity index (χ1v) is 5.38. The van der Waals surface area contributed by atoms with Crippen molar-refractivity contribution in [3.05, 3.63) is 35.9 Å².